The molecule has 0 saturated carbocycles. The maximum atomic E-state index is 13.4. The van der Waals surface area contributed by atoms with Crippen molar-refractivity contribution in [2.24, 2.45) is 0 Å². The van der Waals surface area contributed by atoms with Crippen LogP contribution in [0.3, 0.4) is 0 Å². The third-order valence-electron chi connectivity index (χ3n) is 5.97. The van der Waals surface area contributed by atoms with E-state index < -0.39 is 5.97 Å². The summed E-state index contributed by atoms with van der Waals surface area (Å²) in [6.45, 7) is -0.129. The first-order valence-corrected chi connectivity index (χ1v) is 12.3. The molecule has 0 bridgehead atoms. The van der Waals surface area contributed by atoms with Crippen molar-refractivity contribution in [2.75, 3.05) is 28.4 Å². The van der Waals surface area contributed by atoms with Crippen molar-refractivity contribution in [3.63, 3.8) is 0 Å². The predicted octanol–water partition coefficient (Wildman–Crippen LogP) is 4.48. The number of carbonyl (C=O) groups is 2. The Balaban J connectivity index is 1.56. The van der Waals surface area contributed by atoms with Crippen LogP contribution in [0, 0.1) is 0 Å². The van der Waals surface area contributed by atoms with Crippen molar-refractivity contribution >= 4 is 23.4 Å². The molecule has 1 heterocycles. The number of esters is 1. The highest BCUT2D eigenvalue weighted by Crippen LogP contribution is 2.33. The standard InChI is InChI=1S/C30H29N3O7/c1-36-26-12-10-20(15-28(26)38-3)14-24(22-11-13-27(37-2)29(16-22)39-4)30(35)40-19-23-17-33(32-31-23)18-25(34)21-8-6-5-7-9-21/h5-17H,18-19H2,1-4H3/b24-14+. The summed E-state index contributed by atoms with van der Waals surface area (Å²) in [5.74, 6) is 1.34. The number of aromatic nitrogens is 3. The second-order valence-electron chi connectivity index (χ2n) is 8.51. The van der Waals surface area contributed by atoms with Crippen molar-refractivity contribution in [3.8, 4) is 23.0 Å². The molecule has 0 N–H and O–H groups in total. The first-order chi connectivity index (χ1) is 19.4. The molecule has 40 heavy (non-hydrogen) atoms. The number of Topliss-reactive ketones (excluding diaryl/α,β-unsaturated/α-hetero) is 1. The molecular formula is C30H29N3O7. The molecule has 0 fully saturated rings. The topological polar surface area (TPSA) is 111 Å². The van der Waals surface area contributed by atoms with Gasteiger partial charge < -0.3 is 23.7 Å². The van der Waals surface area contributed by atoms with E-state index in [1.165, 1.54) is 26.0 Å². The zero-order chi connectivity index (χ0) is 28.5. The van der Waals surface area contributed by atoms with Crippen LogP contribution in [0.4, 0.5) is 0 Å². The molecule has 0 amide bonds. The summed E-state index contributed by atoms with van der Waals surface area (Å²) in [6, 6.07) is 19.3. The van der Waals surface area contributed by atoms with E-state index in [0.29, 0.717) is 45.4 Å². The summed E-state index contributed by atoms with van der Waals surface area (Å²) < 4.78 is 28.5. The number of nitrogens with zero attached hydrogens (tertiary/aromatic N) is 3. The Kier molecular flexibility index (Phi) is 9.14. The second kappa shape index (κ2) is 13.1. The van der Waals surface area contributed by atoms with E-state index in [-0.39, 0.29) is 24.5 Å². The Bertz CT molecular complexity index is 1510. The van der Waals surface area contributed by atoms with E-state index in [0.717, 1.165) is 0 Å². The molecule has 10 nitrogen and oxygen atoms in total. The average molecular weight is 544 g/mol. The lowest BCUT2D eigenvalue weighted by Crippen LogP contribution is -2.11. The molecule has 0 aliphatic heterocycles. The fraction of sp³-hybridized carbons (Fsp3) is 0.200. The summed E-state index contributed by atoms with van der Waals surface area (Å²) in [4.78, 5) is 25.9. The number of benzene rings is 3. The minimum Gasteiger partial charge on any atom is -0.493 e. The van der Waals surface area contributed by atoms with Gasteiger partial charge in [-0.15, -0.1) is 5.10 Å². The van der Waals surface area contributed by atoms with Gasteiger partial charge in [0.15, 0.2) is 28.8 Å². The minimum atomic E-state index is -0.600. The van der Waals surface area contributed by atoms with E-state index in [1.54, 1.807) is 80.0 Å². The van der Waals surface area contributed by atoms with Crippen LogP contribution in [0.5, 0.6) is 23.0 Å². The van der Waals surface area contributed by atoms with Crippen LogP contribution in [0.2, 0.25) is 0 Å². The van der Waals surface area contributed by atoms with Crippen LogP contribution >= 0.6 is 0 Å². The van der Waals surface area contributed by atoms with Gasteiger partial charge in [-0.1, -0.05) is 47.7 Å². The van der Waals surface area contributed by atoms with Crippen LogP contribution < -0.4 is 18.9 Å². The summed E-state index contributed by atoms with van der Waals surface area (Å²) in [5.41, 5.74) is 2.47. The second-order valence-corrected chi connectivity index (χ2v) is 8.51. The maximum absolute atomic E-state index is 13.4. The van der Waals surface area contributed by atoms with Crippen LogP contribution in [0.1, 0.15) is 27.2 Å². The van der Waals surface area contributed by atoms with Gasteiger partial charge in [0.1, 0.15) is 18.8 Å². The Morgan fingerprint density at radius 1 is 0.775 bits per heavy atom. The number of hydrogen-bond donors (Lipinski definition) is 0. The van der Waals surface area contributed by atoms with Gasteiger partial charge >= 0.3 is 5.97 Å². The molecule has 4 rings (SSSR count). The Labute approximate surface area is 231 Å². The molecule has 1 aromatic heterocycles. The number of hydrogen-bond acceptors (Lipinski definition) is 9. The van der Waals surface area contributed by atoms with E-state index >= 15 is 0 Å². The molecule has 0 aliphatic rings. The van der Waals surface area contributed by atoms with Crippen molar-refractivity contribution in [3.05, 3.63) is 95.3 Å². The SMILES string of the molecule is COc1ccc(/C=C(/C(=O)OCc2cn(CC(=O)c3ccccc3)nn2)c2ccc(OC)c(OC)c2)cc1OC. The van der Waals surface area contributed by atoms with Gasteiger partial charge in [0.25, 0.3) is 0 Å². The molecule has 0 spiro atoms. The zero-order valence-electron chi connectivity index (χ0n) is 22.6. The van der Waals surface area contributed by atoms with Crippen molar-refractivity contribution in [2.45, 2.75) is 13.2 Å². The number of rotatable bonds is 12. The third kappa shape index (κ3) is 6.65. The number of carbonyl (C=O) groups excluding carboxylic acids is 2. The molecule has 0 radical (unpaired) electrons. The van der Waals surface area contributed by atoms with Crippen molar-refractivity contribution < 1.29 is 33.3 Å². The number of ether oxygens (including phenoxy) is 5. The van der Waals surface area contributed by atoms with Crippen molar-refractivity contribution in [1.29, 1.82) is 0 Å². The molecule has 0 unspecified atom stereocenters. The van der Waals surface area contributed by atoms with E-state index in [1.807, 2.05) is 6.07 Å². The van der Waals surface area contributed by atoms with Gasteiger partial charge in [-0.2, -0.15) is 0 Å². The number of methoxy groups -OCH3 is 4. The van der Waals surface area contributed by atoms with Crippen LogP contribution in [-0.2, 0) is 22.7 Å². The summed E-state index contributed by atoms with van der Waals surface area (Å²) in [7, 11) is 6.14. The largest absolute Gasteiger partial charge is 0.493 e. The molecular weight excluding hydrogens is 514 g/mol. The van der Waals surface area contributed by atoms with Gasteiger partial charge in [-0.3, -0.25) is 4.79 Å². The monoisotopic (exact) mass is 543 g/mol. The summed E-state index contributed by atoms with van der Waals surface area (Å²) >= 11 is 0. The molecule has 0 aliphatic carbocycles. The smallest absolute Gasteiger partial charge is 0.339 e. The van der Waals surface area contributed by atoms with Gasteiger partial charge in [0, 0.05) is 5.56 Å². The molecule has 0 saturated heterocycles. The fourth-order valence-corrected chi connectivity index (χ4v) is 3.93. The lowest BCUT2D eigenvalue weighted by molar-refractivity contribution is -0.137. The highest BCUT2D eigenvalue weighted by atomic mass is 16.5. The summed E-state index contributed by atoms with van der Waals surface area (Å²) in [6.07, 6.45) is 3.25. The molecule has 206 valence electrons. The average Bonchev–Trinajstić information content (AvgIpc) is 3.45. The first-order valence-electron chi connectivity index (χ1n) is 12.3. The molecule has 3 aromatic carbocycles. The highest BCUT2D eigenvalue weighted by molar-refractivity contribution is 6.21. The predicted molar refractivity (Wildman–Crippen MR) is 148 cm³/mol. The third-order valence-corrected chi connectivity index (χ3v) is 5.97. The van der Waals surface area contributed by atoms with Crippen LogP contribution in [0.15, 0.2) is 72.9 Å². The molecule has 10 heteroatoms. The quantitative estimate of drug-likeness (QED) is 0.111. The minimum absolute atomic E-state index is 0.0149. The molecule has 4 aromatic rings. The Morgan fingerprint density at radius 2 is 1.43 bits per heavy atom. The van der Waals surface area contributed by atoms with E-state index in [9.17, 15) is 9.59 Å². The molecule has 0 atom stereocenters. The zero-order valence-corrected chi connectivity index (χ0v) is 22.6. The highest BCUT2D eigenvalue weighted by Gasteiger charge is 2.18. The van der Waals surface area contributed by atoms with Crippen LogP contribution in [0.25, 0.3) is 11.6 Å². The van der Waals surface area contributed by atoms with E-state index in [2.05, 4.69) is 10.3 Å². The van der Waals surface area contributed by atoms with Crippen molar-refractivity contribution in [1.82, 2.24) is 15.0 Å². The Morgan fingerprint density at radius 3 is 2.10 bits per heavy atom. The normalized spacial score (nSPS) is 11.1. The van der Waals surface area contributed by atoms with Gasteiger partial charge in [-0.05, 0) is 41.5 Å². The van der Waals surface area contributed by atoms with Gasteiger partial charge in [-0.25, -0.2) is 9.48 Å². The van der Waals surface area contributed by atoms with E-state index in [4.69, 9.17) is 23.7 Å². The fourth-order valence-electron chi connectivity index (χ4n) is 3.93. The van der Waals surface area contributed by atoms with Gasteiger partial charge in [0.2, 0.25) is 0 Å². The Hall–Kier alpha value is -5.12. The lowest BCUT2D eigenvalue weighted by atomic mass is 10.0. The van der Waals surface area contributed by atoms with Gasteiger partial charge in [0.05, 0.1) is 40.2 Å². The maximum Gasteiger partial charge on any atom is 0.339 e. The summed E-state index contributed by atoms with van der Waals surface area (Å²) in [5, 5.41) is 8.03. The number of ketones is 1. The van der Waals surface area contributed by atoms with Crippen LogP contribution in [-0.4, -0.2) is 55.2 Å². The first kappa shape index (κ1) is 27.9. The lowest BCUT2D eigenvalue weighted by Gasteiger charge is -2.13.